The number of aromatic amines is 1. The second kappa shape index (κ2) is 5.31. The van der Waals surface area contributed by atoms with E-state index in [1.54, 1.807) is 6.07 Å². The number of rotatable bonds is 3. The summed E-state index contributed by atoms with van der Waals surface area (Å²) in [6.07, 6.45) is 4.58. The van der Waals surface area contributed by atoms with Gasteiger partial charge in [0.2, 0.25) is 0 Å². The van der Waals surface area contributed by atoms with Gasteiger partial charge in [0.15, 0.2) is 0 Å². The number of hydrogen-bond donors (Lipinski definition) is 1. The zero-order valence-corrected chi connectivity index (χ0v) is 10.4. The minimum absolute atomic E-state index is 0.227. The average molecular weight is 266 g/mol. The molecule has 1 aromatic carbocycles. The first-order chi connectivity index (χ1) is 9.83. The zero-order valence-electron chi connectivity index (χ0n) is 10.4. The monoisotopic (exact) mass is 266 g/mol. The molecule has 1 N–H and O–H groups in total. The molecule has 0 unspecified atom stereocenters. The van der Waals surface area contributed by atoms with Crippen LogP contribution in [0.2, 0.25) is 0 Å². The van der Waals surface area contributed by atoms with E-state index < -0.39 is 0 Å². The number of nitrogens with zero attached hydrogens (tertiary/aromatic N) is 3. The second-order valence-electron chi connectivity index (χ2n) is 3.97. The molecule has 0 saturated heterocycles. The quantitative estimate of drug-likeness (QED) is 0.784. The van der Waals surface area contributed by atoms with E-state index in [1.165, 1.54) is 18.6 Å². The van der Waals surface area contributed by atoms with Crippen molar-refractivity contribution in [2.75, 3.05) is 0 Å². The first-order valence-electron chi connectivity index (χ1n) is 5.92. The van der Waals surface area contributed by atoms with Crippen LogP contribution in [0.15, 0.2) is 59.8 Å². The molecule has 0 aliphatic heterocycles. The topological polar surface area (TPSA) is 80.8 Å². The van der Waals surface area contributed by atoms with Gasteiger partial charge in [0.05, 0.1) is 5.56 Å². The Labute approximate surface area is 114 Å². The summed E-state index contributed by atoms with van der Waals surface area (Å²) in [5.41, 5.74) is 0.785. The van der Waals surface area contributed by atoms with Crippen LogP contribution >= 0.6 is 0 Å². The van der Waals surface area contributed by atoms with Gasteiger partial charge in [-0.1, -0.05) is 18.2 Å². The van der Waals surface area contributed by atoms with Crippen molar-refractivity contribution in [1.82, 2.24) is 20.2 Å². The molecule has 2 aromatic heterocycles. The van der Waals surface area contributed by atoms with Gasteiger partial charge in [-0.25, -0.2) is 15.1 Å². The lowest BCUT2D eigenvalue weighted by Gasteiger charge is -2.04. The number of nitrogens with one attached hydrogen (secondary N) is 1. The van der Waals surface area contributed by atoms with Gasteiger partial charge in [0, 0.05) is 24.2 Å². The van der Waals surface area contributed by atoms with E-state index in [0.29, 0.717) is 16.9 Å². The highest BCUT2D eigenvalue weighted by molar-refractivity contribution is 5.59. The third-order valence-electron chi connectivity index (χ3n) is 2.62. The Hall–Kier alpha value is -3.02. The SMILES string of the molecule is O=c1[nH]nccc1-c1cnc(Oc2ccccc2)nc1. The maximum Gasteiger partial charge on any atom is 0.321 e. The van der Waals surface area contributed by atoms with Crippen molar-refractivity contribution in [2.24, 2.45) is 0 Å². The van der Waals surface area contributed by atoms with Gasteiger partial charge in [0.25, 0.3) is 5.56 Å². The Morgan fingerprint density at radius 2 is 1.75 bits per heavy atom. The van der Waals surface area contributed by atoms with Gasteiger partial charge >= 0.3 is 6.01 Å². The number of aromatic nitrogens is 4. The molecule has 6 heteroatoms. The van der Waals surface area contributed by atoms with Crippen molar-refractivity contribution < 1.29 is 4.74 Å². The lowest BCUT2D eigenvalue weighted by atomic mass is 10.2. The van der Waals surface area contributed by atoms with Gasteiger partial charge in [-0.05, 0) is 18.2 Å². The molecule has 2 heterocycles. The predicted molar refractivity (Wildman–Crippen MR) is 72.4 cm³/mol. The van der Waals surface area contributed by atoms with Crippen LogP contribution < -0.4 is 10.3 Å². The van der Waals surface area contributed by atoms with E-state index in [1.807, 2.05) is 30.3 Å². The average Bonchev–Trinajstić information content (AvgIpc) is 2.50. The van der Waals surface area contributed by atoms with Crippen LogP contribution in [-0.4, -0.2) is 20.2 Å². The molecule has 0 fully saturated rings. The van der Waals surface area contributed by atoms with Crippen molar-refractivity contribution in [3.63, 3.8) is 0 Å². The van der Waals surface area contributed by atoms with Gasteiger partial charge < -0.3 is 4.74 Å². The molecule has 0 amide bonds. The molecule has 0 saturated carbocycles. The maximum absolute atomic E-state index is 11.6. The van der Waals surface area contributed by atoms with Crippen LogP contribution in [-0.2, 0) is 0 Å². The minimum atomic E-state index is -0.284. The Morgan fingerprint density at radius 3 is 2.45 bits per heavy atom. The number of H-pyrrole nitrogens is 1. The highest BCUT2D eigenvalue weighted by Gasteiger charge is 2.05. The Bertz CT molecular complexity index is 754. The van der Waals surface area contributed by atoms with Crippen LogP contribution in [0.4, 0.5) is 0 Å². The summed E-state index contributed by atoms with van der Waals surface area (Å²) < 4.78 is 5.48. The fraction of sp³-hybridized carbons (Fsp3) is 0. The third kappa shape index (κ3) is 2.54. The summed E-state index contributed by atoms with van der Waals surface area (Å²) in [4.78, 5) is 19.8. The van der Waals surface area contributed by atoms with Crippen molar-refractivity contribution in [3.8, 4) is 22.9 Å². The van der Waals surface area contributed by atoms with Crippen molar-refractivity contribution in [3.05, 3.63) is 65.3 Å². The van der Waals surface area contributed by atoms with Crippen LogP contribution in [0.3, 0.4) is 0 Å². The summed E-state index contributed by atoms with van der Waals surface area (Å²) in [6, 6.07) is 11.1. The fourth-order valence-electron chi connectivity index (χ4n) is 1.67. The molecule has 98 valence electrons. The van der Waals surface area contributed by atoms with Crippen LogP contribution in [0.25, 0.3) is 11.1 Å². The highest BCUT2D eigenvalue weighted by atomic mass is 16.5. The molecular formula is C14H10N4O2. The van der Waals surface area contributed by atoms with Crippen molar-refractivity contribution >= 4 is 0 Å². The number of para-hydroxylation sites is 1. The summed E-state index contributed by atoms with van der Waals surface area (Å²) in [5, 5.41) is 6.00. The molecule has 6 nitrogen and oxygen atoms in total. The van der Waals surface area contributed by atoms with Gasteiger partial charge in [-0.2, -0.15) is 5.10 Å². The first-order valence-corrected chi connectivity index (χ1v) is 5.92. The smallest absolute Gasteiger partial charge is 0.321 e. The van der Waals surface area contributed by atoms with E-state index in [2.05, 4.69) is 20.2 Å². The van der Waals surface area contributed by atoms with Gasteiger partial charge in [-0.3, -0.25) is 4.79 Å². The normalized spacial score (nSPS) is 10.2. The van der Waals surface area contributed by atoms with E-state index in [0.717, 1.165) is 0 Å². The molecule has 3 aromatic rings. The van der Waals surface area contributed by atoms with E-state index in [-0.39, 0.29) is 11.6 Å². The largest absolute Gasteiger partial charge is 0.424 e. The van der Waals surface area contributed by atoms with Crippen LogP contribution in [0.5, 0.6) is 11.8 Å². The molecule has 0 aliphatic carbocycles. The standard InChI is InChI=1S/C14H10N4O2/c19-13-12(6-7-17-18-13)10-8-15-14(16-9-10)20-11-4-2-1-3-5-11/h1-9H,(H,18,19). The first kappa shape index (κ1) is 12.0. The van der Waals surface area contributed by atoms with E-state index in [4.69, 9.17) is 4.74 Å². The molecular weight excluding hydrogens is 256 g/mol. The molecule has 0 aliphatic rings. The molecule has 0 bridgehead atoms. The number of ether oxygens (including phenoxy) is 1. The summed E-state index contributed by atoms with van der Waals surface area (Å²) >= 11 is 0. The molecule has 20 heavy (non-hydrogen) atoms. The van der Waals surface area contributed by atoms with Crippen LogP contribution in [0.1, 0.15) is 0 Å². The number of hydrogen-bond acceptors (Lipinski definition) is 5. The molecule has 0 spiro atoms. The Kier molecular flexibility index (Phi) is 3.20. The Morgan fingerprint density at radius 1 is 1.00 bits per heavy atom. The fourth-order valence-corrected chi connectivity index (χ4v) is 1.67. The van der Waals surface area contributed by atoms with Crippen molar-refractivity contribution in [1.29, 1.82) is 0 Å². The summed E-state index contributed by atoms with van der Waals surface area (Å²) in [7, 11) is 0. The summed E-state index contributed by atoms with van der Waals surface area (Å²) in [5.74, 6) is 0.655. The minimum Gasteiger partial charge on any atom is -0.424 e. The Balaban J connectivity index is 1.85. The van der Waals surface area contributed by atoms with E-state index in [9.17, 15) is 4.79 Å². The lowest BCUT2D eigenvalue weighted by Crippen LogP contribution is -2.09. The molecule has 0 radical (unpaired) electrons. The highest BCUT2D eigenvalue weighted by Crippen LogP contribution is 2.18. The zero-order chi connectivity index (χ0) is 13.8. The molecule has 3 rings (SSSR count). The maximum atomic E-state index is 11.6. The number of benzene rings is 1. The summed E-state index contributed by atoms with van der Waals surface area (Å²) in [6.45, 7) is 0. The second-order valence-corrected chi connectivity index (χ2v) is 3.97. The third-order valence-corrected chi connectivity index (χ3v) is 2.62. The van der Waals surface area contributed by atoms with Gasteiger partial charge in [-0.15, -0.1) is 0 Å². The predicted octanol–water partition coefficient (Wildman–Crippen LogP) is 2.02. The van der Waals surface area contributed by atoms with Crippen molar-refractivity contribution in [2.45, 2.75) is 0 Å². The molecule has 0 atom stereocenters. The lowest BCUT2D eigenvalue weighted by molar-refractivity contribution is 0.442. The van der Waals surface area contributed by atoms with Gasteiger partial charge in [0.1, 0.15) is 5.75 Å². The van der Waals surface area contributed by atoms with E-state index >= 15 is 0 Å². The van der Waals surface area contributed by atoms with Crippen LogP contribution in [0, 0.1) is 0 Å².